The molecule has 47 heavy (non-hydrogen) atoms. The van der Waals surface area contributed by atoms with Crippen molar-refractivity contribution in [2.24, 2.45) is 0 Å². The van der Waals surface area contributed by atoms with Crippen molar-refractivity contribution in [1.82, 2.24) is 9.13 Å². The number of nitrogens with zero attached hydrogens (tertiary/aromatic N) is 2. The summed E-state index contributed by atoms with van der Waals surface area (Å²) in [6, 6.07) is 56.9. The molecule has 0 fully saturated rings. The third-order valence-corrected chi connectivity index (χ3v) is 10.1. The van der Waals surface area contributed by atoms with Crippen LogP contribution in [0.2, 0.25) is 0 Å². The molecule has 0 amide bonds. The number of rotatable bonds is 2. The van der Waals surface area contributed by atoms with E-state index in [-0.39, 0.29) is 0 Å². The van der Waals surface area contributed by atoms with Crippen LogP contribution in [0.1, 0.15) is 0 Å². The van der Waals surface area contributed by atoms with Gasteiger partial charge in [0.05, 0.1) is 22.1 Å². The predicted molar refractivity (Wildman–Crippen MR) is 197 cm³/mol. The van der Waals surface area contributed by atoms with Crippen LogP contribution in [0.4, 0.5) is 0 Å². The van der Waals surface area contributed by atoms with Gasteiger partial charge in [-0.1, -0.05) is 115 Å². The monoisotopic (exact) mass is 598 g/mol. The van der Waals surface area contributed by atoms with Crippen LogP contribution in [0.25, 0.3) is 98.5 Å². The molecular weight excluding hydrogens is 572 g/mol. The van der Waals surface area contributed by atoms with Gasteiger partial charge in [0, 0.05) is 49.1 Å². The molecule has 11 rings (SSSR count). The molecule has 0 aliphatic heterocycles. The average molecular weight is 599 g/mol. The first kappa shape index (κ1) is 24.9. The lowest BCUT2D eigenvalue weighted by Gasteiger charge is -2.12. The molecule has 0 spiro atoms. The van der Waals surface area contributed by atoms with E-state index < -0.39 is 0 Å². The van der Waals surface area contributed by atoms with Gasteiger partial charge < -0.3 is 13.6 Å². The van der Waals surface area contributed by atoms with E-state index in [1.54, 1.807) is 0 Å². The van der Waals surface area contributed by atoms with Crippen molar-refractivity contribution < 1.29 is 4.42 Å². The van der Waals surface area contributed by atoms with Crippen LogP contribution in [-0.2, 0) is 0 Å². The Morgan fingerprint density at radius 1 is 0.362 bits per heavy atom. The molecule has 0 radical (unpaired) electrons. The van der Waals surface area contributed by atoms with Gasteiger partial charge in [-0.15, -0.1) is 0 Å². The summed E-state index contributed by atoms with van der Waals surface area (Å²) in [6.45, 7) is 0. The highest BCUT2D eigenvalue weighted by molar-refractivity contribution is 6.36. The summed E-state index contributed by atoms with van der Waals surface area (Å²) in [5.74, 6) is 0. The molecule has 8 aromatic carbocycles. The molecule has 3 nitrogen and oxygen atoms in total. The maximum absolute atomic E-state index is 6.87. The van der Waals surface area contributed by atoms with Gasteiger partial charge in [0.2, 0.25) is 0 Å². The van der Waals surface area contributed by atoms with Crippen molar-refractivity contribution in [3.8, 4) is 11.4 Å². The first-order chi connectivity index (χ1) is 23.3. The number of benzene rings is 8. The maximum Gasteiger partial charge on any atom is 0.160 e. The van der Waals surface area contributed by atoms with Crippen molar-refractivity contribution in [2.75, 3.05) is 0 Å². The predicted octanol–water partition coefficient (Wildman–Crippen LogP) is 12.1. The zero-order valence-electron chi connectivity index (χ0n) is 25.3. The molecule has 0 N–H and O–H groups in total. The van der Waals surface area contributed by atoms with Crippen LogP contribution >= 0.6 is 0 Å². The van der Waals surface area contributed by atoms with Crippen LogP contribution < -0.4 is 0 Å². The van der Waals surface area contributed by atoms with Gasteiger partial charge in [0.1, 0.15) is 5.58 Å². The second kappa shape index (κ2) is 9.12. The molecule has 3 heteroatoms. The third-order valence-electron chi connectivity index (χ3n) is 10.1. The van der Waals surface area contributed by atoms with E-state index in [2.05, 4.69) is 167 Å². The zero-order valence-corrected chi connectivity index (χ0v) is 25.3. The summed E-state index contributed by atoms with van der Waals surface area (Å²) in [4.78, 5) is 0. The lowest BCUT2D eigenvalue weighted by Crippen LogP contribution is -1.96. The molecule has 3 heterocycles. The second-order valence-electron chi connectivity index (χ2n) is 12.5. The Hall–Kier alpha value is -6.32. The van der Waals surface area contributed by atoms with Gasteiger partial charge in [-0.25, -0.2) is 0 Å². The number of hydrogen-bond donors (Lipinski definition) is 0. The van der Waals surface area contributed by atoms with E-state index in [0.29, 0.717) is 0 Å². The normalized spacial score (nSPS) is 12.3. The standard InChI is InChI=1S/C44H26N2O/c1-2-13-28(14-3-1)45-37-20-10-8-16-31(37)36-26-29(23-25-38(36)45)46-42-30-15-5-4-12-27(30)22-24-35(42)40-32-17-6-7-18-33(32)41-34-19-9-11-21-39(34)47-44(41)43(40)46/h1-26H. The molecular formula is C44H26N2O. The molecule has 0 unspecified atom stereocenters. The van der Waals surface area contributed by atoms with Crippen molar-refractivity contribution in [2.45, 2.75) is 0 Å². The minimum Gasteiger partial charge on any atom is -0.454 e. The minimum atomic E-state index is 0.906. The second-order valence-corrected chi connectivity index (χ2v) is 12.5. The molecule has 3 aromatic heterocycles. The van der Waals surface area contributed by atoms with Crippen LogP contribution in [-0.4, -0.2) is 9.13 Å². The molecule has 0 atom stereocenters. The number of aromatic nitrogens is 2. The molecule has 0 bridgehead atoms. The van der Waals surface area contributed by atoms with Crippen LogP contribution in [0.15, 0.2) is 162 Å². The van der Waals surface area contributed by atoms with E-state index in [1.165, 1.54) is 65.0 Å². The first-order valence-electron chi connectivity index (χ1n) is 16.1. The number of fused-ring (bicyclic) bond motifs is 15. The highest BCUT2D eigenvalue weighted by Crippen LogP contribution is 2.47. The number of para-hydroxylation sites is 3. The van der Waals surface area contributed by atoms with Crippen molar-refractivity contribution >= 4 is 87.1 Å². The van der Waals surface area contributed by atoms with Gasteiger partial charge in [-0.05, 0) is 58.6 Å². The summed E-state index contributed by atoms with van der Waals surface area (Å²) < 4.78 is 11.7. The van der Waals surface area contributed by atoms with Crippen LogP contribution in [0.5, 0.6) is 0 Å². The Morgan fingerprint density at radius 2 is 1.02 bits per heavy atom. The lowest BCUT2D eigenvalue weighted by atomic mass is 9.98. The summed E-state index contributed by atoms with van der Waals surface area (Å²) in [5, 5.41) is 12.1. The Labute approximate surface area is 269 Å². The van der Waals surface area contributed by atoms with Crippen LogP contribution in [0.3, 0.4) is 0 Å². The van der Waals surface area contributed by atoms with Crippen molar-refractivity contribution in [1.29, 1.82) is 0 Å². The zero-order chi connectivity index (χ0) is 30.6. The quantitative estimate of drug-likeness (QED) is 0.194. The van der Waals surface area contributed by atoms with E-state index in [4.69, 9.17) is 4.42 Å². The summed E-state index contributed by atoms with van der Waals surface area (Å²) in [7, 11) is 0. The van der Waals surface area contributed by atoms with Crippen LogP contribution in [0, 0.1) is 0 Å². The minimum absolute atomic E-state index is 0.906. The summed E-state index contributed by atoms with van der Waals surface area (Å²) >= 11 is 0. The van der Waals surface area contributed by atoms with Gasteiger partial charge in [0.25, 0.3) is 0 Å². The fraction of sp³-hybridized carbons (Fsp3) is 0. The summed E-state index contributed by atoms with van der Waals surface area (Å²) in [6.07, 6.45) is 0. The van der Waals surface area contributed by atoms with Gasteiger partial charge in [-0.3, -0.25) is 0 Å². The topological polar surface area (TPSA) is 23.0 Å². The SMILES string of the molecule is c1ccc(-n2c3ccccc3c3cc(-n4c5c6ccccc6ccc5c5c6ccccc6c6c7ccccc7oc6c54)ccc32)cc1. The fourth-order valence-corrected chi connectivity index (χ4v) is 8.15. The molecule has 0 aliphatic rings. The number of hydrogen-bond acceptors (Lipinski definition) is 1. The van der Waals surface area contributed by atoms with E-state index in [0.717, 1.165) is 33.4 Å². The first-order valence-corrected chi connectivity index (χ1v) is 16.1. The van der Waals surface area contributed by atoms with E-state index in [9.17, 15) is 0 Å². The molecule has 11 aromatic rings. The van der Waals surface area contributed by atoms with Gasteiger partial charge in [-0.2, -0.15) is 0 Å². The third kappa shape index (κ3) is 3.25. The highest BCUT2D eigenvalue weighted by Gasteiger charge is 2.24. The van der Waals surface area contributed by atoms with E-state index in [1.807, 2.05) is 0 Å². The smallest absolute Gasteiger partial charge is 0.160 e. The lowest BCUT2D eigenvalue weighted by molar-refractivity contribution is 0.671. The van der Waals surface area contributed by atoms with Gasteiger partial charge >= 0.3 is 0 Å². The Balaban J connectivity index is 1.38. The number of furan rings is 1. The van der Waals surface area contributed by atoms with Crippen molar-refractivity contribution in [3.05, 3.63) is 158 Å². The largest absolute Gasteiger partial charge is 0.454 e. The highest BCUT2D eigenvalue weighted by atomic mass is 16.3. The Kier molecular flexibility index (Phi) is 4.84. The molecule has 218 valence electrons. The fourth-order valence-electron chi connectivity index (χ4n) is 8.15. The molecule has 0 saturated heterocycles. The molecule has 0 saturated carbocycles. The van der Waals surface area contributed by atoms with E-state index >= 15 is 0 Å². The summed E-state index contributed by atoms with van der Waals surface area (Å²) in [5.41, 5.74) is 8.78. The Morgan fingerprint density at radius 3 is 1.87 bits per heavy atom. The average Bonchev–Trinajstić information content (AvgIpc) is 3.80. The van der Waals surface area contributed by atoms with Crippen molar-refractivity contribution in [3.63, 3.8) is 0 Å². The molecule has 0 aliphatic carbocycles. The van der Waals surface area contributed by atoms with Gasteiger partial charge in [0.15, 0.2) is 5.58 Å². The maximum atomic E-state index is 6.87. The Bertz CT molecular complexity index is 3070.